The number of aryl methyl sites for hydroxylation is 3. The number of rotatable bonds is 5. The van der Waals surface area contributed by atoms with Crippen molar-refractivity contribution < 1.29 is 14.3 Å². The second-order valence-corrected chi connectivity index (χ2v) is 6.19. The molecule has 0 aliphatic heterocycles. The standard InChI is InChI=1S/C20H20N2O4/c1-13-6-7-14(2)17(9-13)25-12-19(24)26-11-16-10-18(23)22-8-4-5-15(3)20(22)21-16/h4-10H,11-12H2,1-3H3. The van der Waals surface area contributed by atoms with Gasteiger partial charge in [-0.2, -0.15) is 0 Å². The number of hydrogen-bond acceptors (Lipinski definition) is 5. The Bertz CT molecular complexity index is 1020. The summed E-state index contributed by atoms with van der Waals surface area (Å²) in [6, 6.07) is 10.8. The molecule has 0 unspecified atom stereocenters. The quantitative estimate of drug-likeness (QED) is 0.661. The first-order valence-electron chi connectivity index (χ1n) is 8.27. The SMILES string of the molecule is Cc1ccc(C)c(OCC(=O)OCc2cc(=O)n3cccc(C)c3n2)c1. The Morgan fingerprint density at radius 3 is 2.73 bits per heavy atom. The van der Waals surface area contributed by atoms with E-state index in [0.717, 1.165) is 16.7 Å². The number of fused-ring (bicyclic) bond motifs is 1. The molecule has 0 atom stereocenters. The van der Waals surface area contributed by atoms with Crippen molar-refractivity contribution in [3.05, 3.63) is 75.3 Å². The number of carbonyl (C=O) groups excluding carboxylic acids is 1. The third-order valence-electron chi connectivity index (χ3n) is 4.01. The first kappa shape index (κ1) is 17.7. The summed E-state index contributed by atoms with van der Waals surface area (Å²) in [5.41, 5.74) is 3.62. The van der Waals surface area contributed by atoms with E-state index >= 15 is 0 Å². The van der Waals surface area contributed by atoms with E-state index < -0.39 is 5.97 Å². The van der Waals surface area contributed by atoms with Gasteiger partial charge in [0.2, 0.25) is 0 Å². The van der Waals surface area contributed by atoms with Crippen LogP contribution in [0.5, 0.6) is 5.75 Å². The Labute approximate surface area is 151 Å². The highest BCUT2D eigenvalue weighted by atomic mass is 16.6. The molecule has 0 saturated heterocycles. The molecule has 3 rings (SSSR count). The van der Waals surface area contributed by atoms with Crippen molar-refractivity contribution in [3.63, 3.8) is 0 Å². The van der Waals surface area contributed by atoms with Crippen LogP contribution in [0.15, 0.2) is 47.4 Å². The molecule has 3 aromatic rings. The van der Waals surface area contributed by atoms with Crippen LogP contribution in [0.2, 0.25) is 0 Å². The summed E-state index contributed by atoms with van der Waals surface area (Å²) in [4.78, 5) is 28.5. The predicted octanol–water partition coefficient (Wildman–Crippen LogP) is 2.74. The number of benzene rings is 1. The Hall–Kier alpha value is -3.15. The summed E-state index contributed by atoms with van der Waals surface area (Å²) >= 11 is 0. The molecule has 1 aromatic carbocycles. The number of nitrogens with zero attached hydrogens (tertiary/aromatic N) is 2. The third-order valence-corrected chi connectivity index (χ3v) is 4.01. The number of ether oxygens (including phenoxy) is 2. The minimum absolute atomic E-state index is 0.0743. The number of pyridine rings is 1. The van der Waals surface area contributed by atoms with Crippen LogP contribution in [0, 0.1) is 20.8 Å². The first-order chi connectivity index (χ1) is 12.4. The van der Waals surface area contributed by atoms with E-state index in [0.29, 0.717) is 17.1 Å². The van der Waals surface area contributed by atoms with Crippen molar-refractivity contribution in [2.24, 2.45) is 0 Å². The summed E-state index contributed by atoms with van der Waals surface area (Å²) < 4.78 is 12.2. The second-order valence-electron chi connectivity index (χ2n) is 6.19. The summed E-state index contributed by atoms with van der Waals surface area (Å²) in [5, 5.41) is 0. The fourth-order valence-corrected chi connectivity index (χ4v) is 2.58. The molecule has 0 fully saturated rings. The Balaban J connectivity index is 1.64. The molecule has 6 heteroatoms. The molecule has 0 spiro atoms. The van der Waals surface area contributed by atoms with Crippen molar-refractivity contribution >= 4 is 11.6 Å². The number of hydrogen-bond donors (Lipinski definition) is 0. The van der Waals surface area contributed by atoms with E-state index in [9.17, 15) is 9.59 Å². The maximum atomic E-state index is 12.1. The fourth-order valence-electron chi connectivity index (χ4n) is 2.58. The van der Waals surface area contributed by atoms with E-state index in [1.807, 2.05) is 45.0 Å². The van der Waals surface area contributed by atoms with Crippen molar-refractivity contribution in [1.29, 1.82) is 0 Å². The van der Waals surface area contributed by atoms with Crippen LogP contribution in [0.25, 0.3) is 5.65 Å². The minimum Gasteiger partial charge on any atom is -0.482 e. The van der Waals surface area contributed by atoms with Gasteiger partial charge in [-0.25, -0.2) is 9.78 Å². The molecular weight excluding hydrogens is 332 g/mol. The molecule has 0 saturated carbocycles. The molecule has 6 nitrogen and oxygen atoms in total. The monoisotopic (exact) mass is 352 g/mol. The second kappa shape index (κ2) is 7.39. The van der Waals surface area contributed by atoms with Crippen LogP contribution in [0.4, 0.5) is 0 Å². The average Bonchev–Trinajstić information content (AvgIpc) is 2.61. The molecular formula is C20H20N2O4. The van der Waals surface area contributed by atoms with E-state index in [1.165, 1.54) is 10.5 Å². The summed E-state index contributed by atoms with van der Waals surface area (Å²) in [5.74, 6) is 0.136. The Morgan fingerprint density at radius 2 is 1.92 bits per heavy atom. The number of aromatic nitrogens is 2. The van der Waals surface area contributed by atoms with E-state index in [1.54, 1.807) is 12.3 Å². The van der Waals surface area contributed by atoms with Gasteiger partial charge in [-0.05, 0) is 49.6 Å². The van der Waals surface area contributed by atoms with Crippen LogP contribution in [0.1, 0.15) is 22.4 Å². The summed E-state index contributed by atoms with van der Waals surface area (Å²) in [6.07, 6.45) is 1.66. The van der Waals surface area contributed by atoms with Gasteiger partial charge in [-0.1, -0.05) is 18.2 Å². The zero-order chi connectivity index (χ0) is 18.7. The van der Waals surface area contributed by atoms with Crippen LogP contribution < -0.4 is 10.3 Å². The van der Waals surface area contributed by atoms with Crippen molar-refractivity contribution in [2.45, 2.75) is 27.4 Å². The number of esters is 1. The molecule has 0 N–H and O–H groups in total. The van der Waals surface area contributed by atoms with Crippen LogP contribution in [-0.2, 0) is 16.1 Å². The largest absolute Gasteiger partial charge is 0.482 e. The first-order valence-corrected chi connectivity index (χ1v) is 8.27. The lowest BCUT2D eigenvalue weighted by molar-refractivity contribution is -0.147. The third kappa shape index (κ3) is 3.91. The summed E-state index contributed by atoms with van der Waals surface area (Å²) in [7, 11) is 0. The normalized spacial score (nSPS) is 10.7. The van der Waals surface area contributed by atoms with Gasteiger partial charge in [-0.15, -0.1) is 0 Å². The topological polar surface area (TPSA) is 69.9 Å². The van der Waals surface area contributed by atoms with Crippen molar-refractivity contribution in [2.75, 3.05) is 6.61 Å². The van der Waals surface area contributed by atoms with Crippen LogP contribution in [0.3, 0.4) is 0 Å². The Kier molecular flexibility index (Phi) is 5.02. The lowest BCUT2D eigenvalue weighted by atomic mass is 10.1. The zero-order valence-corrected chi connectivity index (χ0v) is 15.0. The smallest absolute Gasteiger partial charge is 0.344 e. The molecule has 0 amide bonds. The molecule has 0 aliphatic carbocycles. The van der Waals surface area contributed by atoms with Gasteiger partial charge < -0.3 is 9.47 Å². The van der Waals surface area contributed by atoms with Gasteiger partial charge in [0, 0.05) is 12.3 Å². The average molecular weight is 352 g/mol. The van der Waals surface area contributed by atoms with Crippen LogP contribution >= 0.6 is 0 Å². The van der Waals surface area contributed by atoms with E-state index in [4.69, 9.17) is 9.47 Å². The maximum absolute atomic E-state index is 12.1. The van der Waals surface area contributed by atoms with Crippen molar-refractivity contribution in [3.8, 4) is 5.75 Å². The molecule has 26 heavy (non-hydrogen) atoms. The molecule has 2 aromatic heterocycles. The van der Waals surface area contributed by atoms with Gasteiger partial charge in [0.15, 0.2) is 6.61 Å². The highest BCUT2D eigenvalue weighted by Crippen LogP contribution is 2.19. The minimum atomic E-state index is -0.516. The van der Waals surface area contributed by atoms with Gasteiger partial charge in [0.1, 0.15) is 18.0 Å². The van der Waals surface area contributed by atoms with Gasteiger partial charge in [-0.3, -0.25) is 9.20 Å². The van der Waals surface area contributed by atoms with Gasteiger partial charge in [0.05, 0.1) is 5.69 Å². The molecule has 0 aliphatic rings. The summed E-state index contributed by atoms with van der Waals surface area (Å²) in [6.45, 7) is 5.46. The molecule has 0 bridgehead atoms. The molecule has 134 valence electrons. The maximum Gasteiger partial charge on any atom is 0.344 e. The number of carbonyl (C=O) groups is 1. The van der Waals surface area contributed by atoms with Gasteiger partial charge >= 0.3 is 5.97 Å². The molecule has 0 radical (unpaired) electrons. The highest BCUT2D eigenvalue weighted by molar-refractivity contribution is 5.71. The van der Waals surface area contributed by atoms with E-state index in [2.05, 4.69) is 4.98 Å². The molecule has 2 heterocycles. The Morgan fingerprint density at radius 1 is 1.12 bits per heavy atom. The van der Waals surface area contributed by atoms with Gasteiger partial charge in [0.25, 0.3) is 5.56 Å². The lowest BCUT2D eigenvalue weighted by Crippen LogP contribution is -2.19. The highest BCUT2D eigenvalue weighted by Gasteiger charge is 2.09. The fraction of sp³-hybridized carbons (Fsp3) is 0.250. The van der Waals surface area contributed by atoms with Crippen LogP contribution in [-0.4, -0.2) is 22.0 Å². The predicted molar refractivity (Wildman–Crippen MR) is 97.4 cm³/mol. The lowest BCUT2D eigenvalue weighted by Gasteiger charge is -2.10. The zero-order valence-electron chi connectivity index (χ0n) is 15.0. The van der Waals surface area contributed by atoms with Crippen molar-refractivity contribution in [1.82, 2.24) is 9.38 Å². The van der Waals surface area contributed by atoms with E-state index in [-0.39, 0.29) is 18.8 Å².